The molecule has 7 nitrogen and oxygen atoms in total. The van der Waals surface area contributed by atoms with Gasteiger partial charge in [0.05, 0.1) is 23.2 Å². The molecule has 0 radical (unpaired) electrons. The number of halogens is 1. The molecule has 0 saturated carbocycles. The summed E-state index contributed by atoms with van der Waals surface area (Å²) in [5.41, 5.74) is 2.27. The maximum absolute atomic E-state index is 12.6. The molecule has 3 aromatic carbocycles. The first-order valence-corrected chi connectivity index (χ1v) is 10.5. The molecule has 166 valence electrons. The average Bonchev–Trinajstić information content (AvgIpc) is 3.07. The molecule has 1 aliphatic heterocycles. The van der Waals surface area contributed by atoms with Crippen LogP contribution >= 0.6 is 11.6 Å². The second kappa shape index (κ2) is 9.67. The zero-order chi connectivity index (χ0) is 23.4. The summed E-state index contributed by atoms with van der Waals surface area (Å²) in [6.45, 7) is -0.219. The molecule has 0 spiro atoms. The minimum atomic E-state index is -0.688. The van der Waals surface area contributed by atoms with Gasteiger partial charge in [-0.15, -0.1) is 0 Å². The van der Waals surface area contributed by atoms with Gasteiger partial charge in [0, 0.05) is 11.6 Å². The van der Waals surface area contributed by atoms with Crippen LogP contribution < -0.4 is 5.32 Å². The molecule has 8 heteroatoms. The van der Waals surface area contributed by atoms with Crippen LogP contribution in [0.1, 0.15) is 42.2 Å². The Morgan fingerprint density at radius 3 is 2.24 bits per heavy atom. The van der Waals surface area contributed by atoms with E-state index in [4.69, 9.17) is 16.3 Å². The second-order valence-electron chi connectivity index (χ2n) is 7.39. The van der Waals surface area contributed by atoms with E-state index in [9.17, 15) is 19.2 Å². The third kappa shape index (κ3) is 4.94. The summed E-state index contributed by atoms with van der Waals surface area (Å²) in [4.78, 5) is 50.7. The Kier molecular flexibility index (Phi) is 6.51. The van der Waals surface area contributed by atoms with Gasteiger partial charge < -0.3 is 10.1 Å². The van der Waals surface area contributed by atoms with E-state index < -0.39 is 18.5 Å². The van der Waals surface area contributed by atoms with Crippen molar-refractivity contribution in [2.75, 3.05) is 6.61 Å². The number of benzene rings is 3. The number of amides is 3. The van der Waals surface area contributed by atoms with E-state index in [1.54, 1.807) is 54.6 Å². The third-order valence-electron chi connectivity index (χ3n) is 5.15. The number of ether oxygens (including phenoxy) is 1. The molecule has 0 aromatic heterocycles. The fraction of sp³-hybridized carbons (Fsp3) is 0.120. The lowest BCUT2D eigenvalue weighted by Crippen LogP contribution is -2.29. The first-order valence-electron chi connectivity index (χ1n) is 10.2. The Labute approximate surface area is 194 Å². The zero-order valence-corrected chi connectivity index (χ0v) is 18.2. The van der Waals surface area contributed by atoms with Crippen molar-refractivity contribution >= 4 is 35.3 Å². The van der Waals surface area contributed by atoms with Crippen molar-refractivity contribution < 1.29 is 23.9 Å². The number of hydrogen-bond donors (Lipinski definition) is 1. The molecule has 33 heavy (non-hydrogen) atoms. The molecule has 0 aliphatic carbocycles. The highest BCUT2D eigenvalue weighted by Gasteiger charge is 2.35. The predicted molar refractivity (Wildman–Crippen MR) is 121 cm³/mol. The van der Waals surface area contributed by atoms with Gasteiger partial charge in [-0.2, -0.15) is 0 Å². The van der Waals surface area contributed by atoms with Crippen molar-refractivity contribution in [3.8, 4) is 0 Å². The molecule has 0 atom stereocenters. The van der Waals surface area contributed by atoms with Crippen molar-refractivity contribution in [1.29, 1.82) is 0 Å². The van der Waals surface area contributed by atoms with Crippen LogP contribution in [0.25, 0.3) is 0 Å². The molecular formula is C25H19ClN2O5. The summed E-state index contributed by atoms with van der Waals surface area (Å²) in [6, 6.07) is 20.1. The summed E-state index contributed by atoms with van der Waals surface area (Å²) in [6.07, 6.45) is 0. The zero-order valence-electron chi connectivity index (χ0n) is 17.4. The number of esters is 1. The van der Waals surface area contributed by atoms with Crippen LogP contribution in [-0.4, -0.2) is 35.2 Å². The number of imide groups is 1. The van der Waals surface area contributed by atoms with Gasteiger partial charge in [0.2, 0.25) is 0 Å². The third-order valence-corrected chi connectivity index (χ3v) is 5.52. The van der Waals surface area contributed by atoms with E-state index in [0.717, 1.165) is 10.5 Å². The Balaban J connectivity index is 1.33. The summed E-state index contributed by atoms with van der Waals surface area (Å²) >= 11 is 6.05. The number of hydrogen-bond acceptors (Lipinski definition) is 5. The largest absolute Gasteiger partial charge is 0.452 e. The fourth-order valence-electron chi connectivity index (χ4n) is 3.46. The van der Waals surface area contributed by atoms with Gasteiger partial charge in [-0.25, -0.2) is 4.79 Å². The monoisotopic (exact) mass is 462 g/mol. The molecule has 0 bridgehead atoms. The maximum atomic E-state index is 12.6. The molecule has 3 aromatic rings. The van der Waals surface area contributed by atoms with Gasteiger partial charge in [-0.05, 0) is 41.5 Å². The van der Waals surface area contributed by atoms with Crippen molar-refractivity contribution in [1.82, 2.24) is 10.2 Å². The second-order valence-corrected chi connectivity index (χ2v) is 7.79. The van der Waals surface area contributed by atoms with Crippen LogP contribution in [0.3, 0.4) is 0 Å². The first-order chi connectivity index (χ1) is 15.9. The smallest absolute Gasteiger partial charge is 0.338 e. The summed E-state index contributed by atoms with van der Waals surface area (Å²) in [5.74, 6) is -1.91. The van der Waals surface area contributed by atoms with E-state index in [2.05, 4.69) is 5.32 Å². The molecule has 4 rings (SSSR count). The predicted octanol–water partition coefficient (Wildman–Crippen LogP) is 3.61. The van der Waals surface area contributed by atoms with Gasteiger partial charge in [0.25, 0.3) is 17.7 Å². The van der Waals surface area contributed by atoms with Crippen LogP contribution in [0.4, 0.5) is 0 Å². The highest BCUT2D eigenvalue weighted by molar-refractivity contribution is 6.31. The highest BCUT2D eigenvalue weighted by atomic mass is 35.5. The summed E-state index contributed by atoms with van der Waals surface area (Å²) in [7, 11) is 0. The maximum Gasteiger partial charge on any atom is 0.338 e. The summed E-state index contributed by atoms with van der Waals surface area (Å²) in [5, 5.41) is 3.17. The van der Waals surface area contributed by atoms with Crippen LogP contribution in [0.2, 0.25) is 5.02 Å². The van der Waals surface area contributed by atoms with Crippen LogP contribution in [0.5, 0.6) is 0 Å². The Bertz CT molecular complexity index is 1220. The normalized spacial score (nSPS) is 12.5. The number of fused-ring (bicyclic) bond motifs is 1. The minimum absolute atomic E-state index is 0.0196. The summed E-state index contributed by atoms with van der Waals surface area (Å²) < 4.78 is 5.10. The van der Waals surface area contributed by atoms with Crippen LogP contribution in [0.15, 0.2) is 72.8 Å². The Morgan fingerprint density at radius 2 is 1.55 bits per heavy atom. The van der Waals surface area contributed by atoms with Crippen LogP contribution in [-0.2, 0) is 22.6 Å². The molecule has 1 N–H and O–H groups in total. The van der Waals surface area contributed by atoms with Gasteiger partial charge >= 0.3 is 5.97 Å². The van der Waals surface area contributed by atoms with E-state index >= 15 is 0 Å². The molecular weight excluding hydrogens is 444 g/mol. The van der Waals surface area contributed by atoms with Gasteiger partial charge in [0.15, 0.2) is 6.61 Å². The van der Waals surface area contributed by atoms with E-state index in [1.165, 1.54) is 12.1 Å². The number of carbonyl (C=O) groups is 4. The number of carbonyl (C=O) groups excluding carboxylic acids is 4. The first kappa shape index (κ1) is 22.2. The molecule has 0 fully saturated rings. The molecule has 1 aliphatic rings. The van der Waals surface area contributed by atoms with E-state index in [1.807, 2.05) is 6.07 Å². The Hall–Kier alpha value is -3.97. The topological polar surface area (TPSA) is 92.8 Å². The lowest BCUT2D eigenvalue weighted by atomic mass is 10.1. The van der Waals surface area contributed by atoms with E-state index in [-0.39, 0.29) is 30.5 Å². The fourth-order valence-corrected chi connectivity index (χ4v) is 3.67. The van der Waals surface area contributed by atoms with Crippen molar-refractivity contribution in [2.24, 2.45) is 0 Å². The SMILES string of the molecule is O=C(COC(=O)c1cccc(CN2C(=O)c3ccccc3C2=O)c1)NCc1ccccc1Cl. The van der Waals surface area contributed by atoms with Crippen molar-refractivity contribution in [3.63, 3.8) is 0 Å². The molecule has 0 unspecified atom stereocenters. The quantitative estimate of drug-likeness (QED) is 0.427. The molecule has 0 saturated heterocycles. The Morgan fingerprint density at radius 1 is 0.879 bits per heavy atom. The van der Waals surface area contributed by atoms with Gasteiger partial charge in [-0.3, -0.25) is 19.3 Å². The highest BCUT2D eigenvalue weighted by Crippen LogP contribution is 2.24. The minimum Gasteiger partial charge on any atom is -0.452 e. The number of nitrogens with one attached hydrogen (secondary N) is 1. The van der Waals surface area contributed by atoms with Crippen molar-refractivity contribution in [2.45, 2.75) is 13.1 Å². The average molecular weight is 463 g/mol. The number of nitrogens with zero attached hydrogens (tertiary/aromatic N) is 1. The van der Waals surface area contributed by atoms with E-state index in [0.29, 0.717) is 21.7 Å². The molecule has 1 heterocycles. The molecule has 3 amide bonds. The number of rotatable bonds is 7. The standard InChI is InChI=1S/C25H19ClN2O5/c26-21-11-4-1-7-18(21)13-27-22(29)15-33-25(32)17-8-5-6-16(12-17)14-28-23(30)19-9-2-3-10-20(19)24(28)31/h1-12H,13-15H2,(H,27,29). The van der Waals surface area contributed by atoms with Crippen molar-refractivity contribution in [3.05, 3.63) is 106 Å². The van der Waals surface area contributed by atoms with Gasteiger partial charge in [-0.1, -0.05) is 54.1 Å². The lowest BCUT2D eigenvalue weighted by Gasteiger charge is -2.14. The van der Waals surface area contributed by atoms with Gasteiger partial charge in [0.1, 0.15) is 0 Å². The lowest BCUT2D eigenvalue weighted by molar-refractivity contribution is -0.124. The van der Waals surface area contributed by atoms with Crippen LogP contribution in [0, 0.1) is 0 Å².